The molecule has 2 fully saturated rings. The Balaban J connectivity index is 0.000000858. The van der Waals surface area contributed by atoms with E-state index in [0.29, 0.717) is 25.3 Å². The smallest absolute Gasteiger partial charge is 0.290 e. The van der Waals surface area contributed by atoms with Gasteiger partial charge in [0.25, 0.3) is 6.47 Å². The Labute approximate surface area is 181 Å². The summed E-state index contributed by atoms with van der Waals surface area (Å²) in [5.74, 6) is 1.64. The SMILES string of the molecule is O=C(N[C@@H]1CN(c2cc(-n3cccn3)ncn2)CC[C@H]1O)C1CCCCCC1.O=CO. The summed E-state index contributed by atoms with van der Waals surface area (Å²) in [5, 5.41) is 24.7. The summed E-state index contributed by atoms with van der Waals surface area (Å²) in [7, 11) is 0. The van der Waals surface area contributed by atoms with Gasteiger partial charge >= 0.3 is 0 Å². The Morgan fingerprint density at radius 2 is 1.84 bits per heavy atom. The Hall–Kier alpha value is -3.01. The molecule has 2 aromatic heterocycles. The monoisotopic (exact) mass is 430 g/mol. The molecule has 0 unspecified atom stereocenters. The minimum atomic E-state index is -0.529. The first-order chi connectivity index (χ1) is 15.1. The number of nitrogens with zero attached hydrogens (tertiary/aromatic N) is 5. The van der Waals surface area contributed by atoms with Gasteiger partial charge in [-0.15, -0.1) is 0 Å². The summed E-state index contributed by atoms with van der Waals surface area (Å²) in [6.07, 6.45) is 11.7. The van der Waals surface area contributed by atoms with Crippen molar-refractivity contribution in [3.8, 4) is 5.82 Å². The largest absolute Gasteiger partial charge is 0.483 e. The van der Waals surface area contributed by atoms with E-state index in [-0.39, 0.29) is 24.3 Å². The van der Waals surface area contributed by atoms with Crippen LogP contribution in [0.2, 0.25) is 0 Å². The van der Waals surface area contributed by atoms with Gasteiger partial charge in [-0.1, -0.05) is 25.7 Å². The molecule has 0 spiro atoms. The number of aromatic nitrogens is 4. The van der Waals surface area contributed by atoms with Crippen molar-refractivity contribution in [3.05, 3.63) is 30.9 Å². The van der Waals surface area contributed by atoms with Gasteiger partial charge in [0.2, 0.25) is 5.91 Å². The lowest BCUT2D eigenvalue weighted by Crippen LogP contribution is -2.56. The lowest BCUT2D eigenvalue weighted by Gasteiger charge is -2.37. The van der Waals surface area contributed by atoms with Crippen LogP contribution in [0.3, 0.4) is 0 Å². The van der Waals surface area contributed by atoms with Crippen molar-refractivity contribution in [2.24, 2.45) is 5.92 Å². The van der Waals surface area contributed by atoms with Crippen LogP contribution in [-0.2, 0) is 9.59 Å². The standard InChI is InChI=1S/C20H28N6O2.CH2O2/c27-17-8-11-25(18-12-19(22-14-21-18)26-10-5-9-23-26)13-16(17)24-20(28)15-6-3-1-2-4-7-15;2-1-3/h5,9-10,12,14-17,27H,1-4,6-8,11,13H2,(H,24,28);1H,(H,2,3)/t16-,17-;/m1./s1. The fourth-order valence-electron chi connectivity index (χ4n) is 4.17. The number of carbonyl (C=O) groups excluding carboxylic acids is 1. The maximum atomic E-state index is 12.7. The third-order valence-corrected chi connectivity index (χ3v) is 5.83. The molecule has 31 heavy (non-hydrogen) atoms. The van der Waals surface area contributed by atoms with Crippen molar-refractivity contribution < 1.29 is 19.8 Å². The molecule has 4 rings (SSSR count). The van der Waals surface area contributed by atoms with Gasteiger partial charge in [-0.05, 0) is 25.3 Å². The number of aliphatic hydroxyl groups is 1. The average molecular weight is 431 g/mol. The van der Waals surface area contributed by atoms with Crippen LogP contribution in [0.15, 0.2) is 30.9 Å². The van der Waals surface area contributed by atoms with E-state index in [4.69, 9.17) is 9.90 Å². The van der Waals surface area contributed by atoms with E-state index in [0.717, 1.165) is 31.5 Å². The molecule has 1 amide bonds. The molecule has 1 aliphatic heterocycles. The third-order valence-electron chi connectivity index (χ3n) is 5.83. The van der Waals surface area contributed by atoms with Crippen LogP contribution in [0.1, 0.15) is 44.9 Å². The second-order valence-corrected chi connectivity index (χ2v) is 7.90. The molecule has 1 saturated heterocycles. The third kappa shape index (κ3) is 6.24. The van der Waals surface area contributed by atoms with E-state index in [2.05, 4.69) is 25.3 Å². The summed E-state index contributed by atoms with van der Waals surface area (Å²) in [4.78, 5) is 31.9. The first kappa shape index (κ1) is 22.7. The summed E-state index contributed by atoms with van der Waals surface area (Å²) < 4.78 is 1.69. The zero-order chi connectivity index (χ0) is 22.1. The molecule has 0 radical (unpaired) electrons. The van der Waals surface area contributed by atoms with E-state index < -0.39 is 6.10 Å². The van der Waals surface area contributed by atoms with Gasteiger partial charge in [0.15, 0.2) is 5.82 Å². The summed E-state index contributed by atoms with van der Waals surface area (Å²) in [6, 6.07) is 3.44. The lowest BCUT2D eigenvalue weighted by molar-refractivity contribution is -0.127. The Kier molecular flexibility index (Phi) is 8.34. The number of rotatable bonds is 4. The van der Waals surface area contributed by atoms with Crippen molar-refractivity contribution in [3.63, 3.8) is 0 Å². The molecule has 2 aliphatic rings. The number of anilines is 1. The number of nitrogens with one attached hydrogen (secondary N) is 1. The van der Waals surface area contributed by atoms with Gasteiger partial charge < -0.3 is 20.4 Å². The highest BCUT2D eigenvalue weighted by atomic mass is 16.3. The number of carboxylic acid groups (broad SMARTS) is 1. The molecule has 0 bridgehead atoms. The van der Waals surface area contributed by atoms with E-state index >= 15 is 0 Å². The predicted octanol–water partition coefficient (Wildman–Crippen LogP) is 1.39. The second kappa shape index (κ2) is 11.4. The van der Waals surface area contributed by atoms with Gasteiger partial charge in [-0.3, -0.25) is 9.59 Å². The summed E-state index contributed by atoms with van der Waals surface area (Å²) >= 11 is 0. The summed E-state index contributed by atoms with van der Waals surface area (Å²) in [6.45, 7) is 0.974. The lowest BCUT2D eigenvalue weighted by atomic mass is 9.97. The van der Waals surface area contributed by atoms with E-state index in [9.17, 15) is 9.90 Å². The fraction of sp³-hybridized carbons (Fsp3) is 0.571. The highest BCUT2D eigenvalue weighted by Gasteiger charge is 2.31. The Bertz CT molecular complexity index is 823. The van der Waals surface area contributed by atoms with Crippen molar-refractivity contribution >= 4 is 18.2 Å². The fourth-order valence-corrected chi connectivity index (χ4v) is 4.17. The molecule has 0 aromatic carbocycles. The first-order valence-corrected chi connectivity index (χ1v) is 10.8. The van der Waals surface area contributed by atoms with Crippen LogP contribution >= 0.6 is 0 Å². The van der Waals surface area contributed by atoms with Gasteiger partial charge in [0.05, 0.1) is 12.1 Å². The highest BCUT2D eigenvalue weighted by molar-refractivity contribution is 5.79. The molecule has 2 aromatic rings. The van der Waals surface area contributed by atoms with Crippen molar-refractivity contribution in [1.82, 2.24) is 25.1 Å². The Morgan fingerprint density at radius 1 is 1.13 bits per heavy atom. The number of hydrogen-bond acceptors (Lipinski definition) is 7. The van der Waals surface area contributed by atoms with Crippen LogP contribution in [0.5, 0.6) is 0 Å². The zero-order valence-corrected chi connectivity index (χ0v) is 17.5. The number of amides is 1. The van der Waals surface area contributed by atoms with Gasteiger partial charge in [-0.2, -0.15) is 5.10 Å². The van der Waals surface area contributed by atoms with Gasteiger partial charge in [-0.25, -0.2) is 14.6 Å². The molecule has 2 atom stereocenters. The van der Waals surface area contributed by atoms with E-state index in [1.165, 1.54) is 19.2 Å². The van der Waals surface area contributed by atoms with Crippen LogP contribution in [0.4, 0.5) is 5.82 Å². The van der Waals surface area contributed by atoms with Crippen LogP contribution in [0.25, 0.3) is 5.82 Å². The van der Waals surface area contributed by atoms with Crippen molar-refractivity contribution in [2.75, 3.05) is 18.0 Å². The first-order valence-electron chi connectivity index (χ1n) is 10.8. The Morgan fingerprint density at radius 3 is 2.52 bits per heavy atom. The van der Waals surface area contributed by atoms with Gasteiger partial charge in [0, 0.05) is 37.5 Å². The van der Waals surface area contributed by atoms with Crippen LogP contribution in [-0.4, -0.2) is 67.6 Å². The number of carbonyl (C=O) groups is 2. The summed E-state index contributed by atoms with van der Waals surface area (Å²) in [5.41, 5.74) is 0. The topological polar surface area (TPSA) is 133 Å². The molecule has 10 heteroatoms. The van der Waals surface area contributed by atoms with E-state index in [1.807, 2.05) is 18.3 Å². The normalized spacial score (nSPS) is 22.0. The molecule has 3 N–H and O–H groups in total. The van der Waals surface area contributed by atoms with Crippen LogP contribution in [0, 0.1) is 5.92 Å². The predicted molar refractivity (Wildman–Crippen MR) is 114 cm³/mol. The minimum absolute atomic E-state index is 0.0792. The molecular weight excluding hydrogens is 400 g/mol. The average Bonchev–Trinajstić information content (AvgIpc) is 3.18. The van der Waals surface area contributed by atoms with E-state index in [1.54, 1.807) is 10.9 Å². The second-order valence-electron chi connectivity index (χ2n) is 7.90. The number of piperidine rings is 1. The number of aliphatic hydroxyl groups excluding tert-OH is 1. The molecule has 10 nitrogen and oxygen atoms in total. The maximum absolute atomic E-state index is 12.7. The molecule has 1 aliphatic carbocycles. The molecule has 1 saturated carbocycles. The maximum Gasteiger partial charge on any atom is 0.290 e. The van der Waals surface area contributed by atoms with Crippen LogP contribution < -0.4 is 10.2 Å². The van der Waals surface area contributed by atoms with Gasteiger partial charge in [0.1, 0.15) is 12.1 Å². The zero-order valence-electron chi connectivity index (χ0n) is 17.5. The quantitative estimate of drug-likeness (QED) is 0.489. The molecular formula is C21H30N6O4. The minimum Gasteiger partial charge on any atom is -0.483 e. The molecule has 168 valence electrons. The van der Waals surface area contributed by atoms with Crippen molar-refractivity contribution in [1.29, 1.82) is 0 Å². The molecule has 3 heterocycles. The highest BCUT2D eigenvalue weighted by Crippen LogP contribution is 2.24. The van der Waals surface area contributed by atoms with Crippen molar-refractivity contribution in [2.45, 2.75) is 57.1 Å². The number of hydrogen-bond donors (Lipinski definition) is 3.